The van der Waals surface area contributed by atoms with Crippen molar-refractivity contribution in [2.45, 2.75) is 20.0 Å². The molecule has 0 radical (unpaired) electrons. The van der Waals surface area contributed by atoms with Gasteiger partial charge in [0.1, 0.15) is 6.17 Å². The van der Waals surface area contributed by atoms with E-state index in [-0.39, 0.29) is 13.0 Å². The molecule has 5 rings (SSSR count). The standard InChI is InChI=1S/C19H17N3O2/c1-11-3-5-15-14(7-11)16-8-12(2)21-22(16)19(20-15)13-4-6-17-18(9-13)24-10-23-17/h3-9,19-20H,10H2,1-2H3/t19-/m1/s1. The van der Waals surface area contributed by atoms with Crippen molar-refractivity contribution < 1.29 is 9.47 Å². The monoisotopic (exact) mass is 319 g/mol. The topological polar surface area (TPSA) is 48.3 Å². The molecule has 1 aromatic heterocycles. The fourth-order valence-corrected chi connectivity index (χ4v) is 3.43. The molecular weight excluding hydrogens is 302 g/mol. The second-order valence-corrected chi connectivity index (χ2v) is 6.32. The fourth-order valence-electron chi connectivity index (χ4n) is 3.43. The molecule has 0 bridgehead atoms. The van der Waals surface area contributed by atoms with E-state index in [1.165, 1.54) is 11.1 Å². The van der Waals surface area contributed by atoms with Gasteiger partial charge >= 0.3 is 0 Å². The van der Waals surface area contributed by atoms with E-state index in [1.54, 1.807) is 0 Å². The van der Waals surface area contributed by atoms with E-state index in [4.69, 9.17) is 14.6 Å². The van der Waals surface area contributed by atoms with Crippen LogP contribution in [0.2, 0.25) is 0 Å². The summed E-state index contributed by atoms with van der Waals surface area (Å²) < 4.78 is 13.0. The van der Waals surface area contributed by atoms with Gasteiger partial charge in [-0.2, -0.15) is 5.10 Å². The molecule has 5 heteroatoms. The Hall–Kier alpha value is -2.95. The highest BCUT2D eigenvalue weighted by atomic mass is 16.7. The van der Waals surface area contributed by atoms with Gasteiger partial charge in [-0.05, 0) is 44.2 Å². The van der Waals surface area contributed by atoms with Crippen molar-refractivity contribution >= 4 is 5.69 Å². The third kappa shape index (κ3) is 1.91. The van der Waals surface area contributed by atoms with E-state index in [0.717, 1.165) is 34.1 Å². The van der Waals surface area contributed by atoms with Gasteiger partial charge in [0, 0.05) is 16.8 Å². The third-order valence-corrected chi connectivity index (χ3v) is 4.56. The van der Waals surface area contributed by atoms with Gasteiger partial charge in [-0.1, -0.05) is 17.7 Å². The molecule has 1 N–H and O–H groups in total. The predicted molar refractivity (Wildman–Crippen MR) is 91.5 cm³/mol. The van der Waals surface area contributed by atoms with Crippen LogP contribution in [0.1, 0.15) is 23.0 Å². The second-order valence-electron chi connectivity index (χ2n) is 6.32. The minimum atomic E-state index is -0.0709. The van der Waals surface area contributed by atoms with E-state index in [9.17, 15) is 0 Å². The van der Waals surface area contributed by atoms with Gasteiger partial charge in [-0.25, -0.2) is 4.68 Å². The minimum Gasteiger partial charge on any atom is -0.454 e. The molecule has 3 aromatic rings. The fraction of sp³-hybridized carbons (Fsp3) is 0.211. The number of benzene rings is 2. The summed E-state index contributed by atoms with van der Waals surface area (Å²) in [7, 11) is 0. The summed E-state index contributed by atoms with van der Waals surface area (Å²) in [6.07, 6.45) is -0.0709. The number of anilines is 1. The number of nitrogens with zero attached hydrogens (tertiary/aromatic N) is 2. The third-order valence-electron chi connectivity index (χ3n) is 4.56. The molecule has 0 aliphatic carbocycles. The normalized spacial score (nSPS) is 17.2. The molecular formula is C19H17N3O2. The van der Waals surface area contributed by atoms with Crippen molar-refractivity contribution in [2.24, 2.45) is 0 Å². The number of fused-ring (bicyclic) bond motifs is 4. The number of rotatable bonds is 1. The molecule has 2 aliphatic rings. The number of ether oxygens (including phenoxy) is 2. The lowest BCUT2D eigenvalue weighted by Crippen LogP contribution is -2.25. The zero-order valence-corrected chi connectivity index (χ0v) is 13.5. The van der Waals surface area contributed by atoms with Crippen molar-refractivity contribution in [2.75, 3.05) is 12.1 Å². The molecule has 2 aliphatic heterocycles. The Balaban J connectivity index is 1.67. The highest BCUT2D eigenvalue weighted by molar-refractivity contribution is 5.79. The highest BCUT2D eigenvalue weighted by Gasteiger charge is 2.27. The maximum absolute atomic E-state index is 5.53. The molecule has 0 fully saturated rings. The summed E-state index contributed by atoms with van der Waals surface area (Å²) in [5.74, 6) is 1.58. The van der Waals surface area contributed by atoms with Crippen LogP contribution in [-0.2, 0) is 0 Å². The average molecular weight is 319 g/mol. The predicted octanol–water partition coefficient (Wildman–Crippen LogP) is 3.87. The van der Waals surface area contributed by atoms with Gasteiger partial charge in [0.2, 0.25) is 6.79 Å². The zero-order chi connectivity index (χ0) is 16.3. The lowest BCUT2D eigenvalue weighted by atomic mass is 10.0. The lowest BCUT2D eigenvalue weighted by Gasteiger charge is -2.29. The summed E-state index contributed by atoms with van der Waals surface area (Å²) in [6.45, 7) is 4.42. The molecule has 2 aromatic carbocycles. The van der Waals surface area contributed by atoms with Gasteiger partial charge in [0.15, 0.2) is 11.5 Å². The van der Waals surface area contributed by atoms with E-state index in [0.29, 0.717) is 0 Å². The number of hydrogen-bond acceptors (Lipinski definition) is 4. The molecule has 24 heavy (non-hydrogen) atoms. The number of nitrogens with one attached hydrogen (secondary N) is 1. The van der Waals surface area contributed by atoms with Crippen molar-refractivity contribution in [1.29, 1.82) is 0 Å². The minimum absolute atomic E-state index is 0.0709. The van der Waals surface area contributed by atoms with Crippen LogP contribution >= 0.6 is 0 Å². The van der Waals surface area contributed by atoms with Gasteiger partial charge in [-0.3, -0.25) is 0 Å². The summed E-state index contributed by atoms with van der Waals surface area (Å²) in [4.78, 5) is 0. The molecule has 0 saturated heterocycles. The summed E-state index contributed by atoms with van der Waals surface area (Å²) in [6, 6.07) is 14.6. The molecule has 0 saturated carbocycles. The van der Waals surface area contributed by atoms with Crippen LogP contribution in [0.5, 0.6) is 11.5 Å². The maximum Gasteiger partial charge on any atom is 0.231 e. The van der Waals surface area contributed by atoms with Crippen LogP contribution in [0, 0.1) is 13.8 Å². The Morgan fingerprint density at radius 2 is 1.92 bits per heavy atom. The smallest absolute Gasteiger partial charge is 0.231 e. The van der Waals surface area contributed by atoms with Gasteiger partial charge in [0.25, 0.3) is 0 Å². The Bertz CT molecular complexity index is 961. The maximum atomic E-state index is 5.53. The number of aryl methyl sites for hydroxylation is 2. The van der Waals surface area contributed by atoms with Crippen molar-refractivity contribution in [3.63, 3.8) is 0 Å². The molecule has 120 valence electrons. The molecule has 3 heterocycles. The highest BCUT2D eigenvalue weighted by Crippen LogP contribution is 2.41. The Kier molecular flexibility index (Phi) is 2.68. The van der Waals surface area contributed by atoms with E-state index >= 15 is 0 Å². The first-order chi connectivity index (χ1) is 11.7. The second kappa shape index (κ2) is 4.77. The molecule has 0 unspecified atom stereocenters. The van der Waals surface area contributed by atoms with Crippen LogP contribution in [0.4, 0.5) is 5.69 Å². The quantitative estimate of drug-likeness (QED) is 0.740. The van der Waals surface area contributed by atoms with Crippen molar-refractivity contribution in [3.05, 3.63) is 59.3 Å². The largest absolute Gasteiger partial charge is 0.454 e. The number of aromatic nitrogens is 2. The van der Waals surface area contributed by atoms with Gasteiger partial charge < -0.3 is 14.8 Å². The van der Waals surface area contributed by atoms with Crippen LogP contribution < -0.4 is 14.8 Å². The first-order valence-electron chi connectivity index (χ1n) is 8.02. The van der Waals surface area contributed by atoms with Gasteiger partial charge in [-0.15, -0.1) is 0 Å². The Morgan fingerprint density at radius 1 is 1.04 bits per heavy atom. The first-order valence-corrected chi connectivity index (χ1v) is 8.02. The summed E-state index contributed by atoms with van der Waals surface area (Å²) in [5, 5.41) is 8.32. The van der Waals surface area contributed by atoms with Crippen molar-refractivity contribution in [3.8, 4) is 22.8 Å². The molecule has 0 spiro atoms. The lowest BCUT2D eigenvalue weighted by molar-refractivity contribution is 0.174. The molecule has 1 atom stereocenters. The Labute approximate surface area is 139 Å². The summed E-state index contributed by atoms with van der Waals surface area (Å²) in [5.41, 5.74) is 6.78. The van der Waals surface area contributed by atoms with E-state index in [2.05, 4.69) is 47.3 Å². The SMILES string of the molecule is Cc1ccc2c(c1)-c1cc(C)nn1[C@H](c1ccc3c(c1)OCO3)N2. The van der Waals surface area contributed by atoms with Crippen LogP contribution in [0.25, 0.3) is 11.3 Å². The van der Waals surface area contributed by atoms with Crippen LogP contribution in [0.3, 0.4) is 0 Å². The van der Waals surface area contributed by atoms with E-state index < -0.39 is 0 Å². The van der Waals surface area contributed by atoms with Crippen LogP contribution in [-0.4, -0.2) is 16.6 Å². The van der Waals surface area contributed by atoms with E-state index in [1.807, 2.05) is 19.1 Å². The van der Waals surface area contributed by atoms with Crippen molar-refractivity contribution in [1.82, 2.24) is 9.78 Å². The summed E-state index contributed by atoms with van der Waals surface area (Å²) >= 11 is 0. The number of hydrogen-bond donors (Lipinski definition) is 1. The van der Waals surface area contributed by atoms with Crippen LogP contribution in [0.15, 0.2) is 42.5 Å². The zero-order valence-electron chi connectivity index (χ0n) is 13.5. The first kappa shape index (κ1) is 13.5. The Morgan fingerprint density at radius 3 is 2.83 bits per heavy atom. The molecule has 0 amide bonds. The average Bonchev–Trinajstić information content (AvgIpc) is 3.19. The molecule has 5 nitrogen and oxygen atoms in total. The van der Waals surface area contributed by atoms with Gasteiger partial charge in [0.05, 0.1) is 11.4 Å².